The smallest absolute Gasteiger partial charge is 0.268 e. The van der Waals surface area contributed by atoms with Crippen LogP contribution in [0.1, 0.15) is 11.4 Å². The van der Waals surface area contributed by atoms with Gasteiger partial charge in [0.25, 0.3) is 11.2 Å². The summed E-state index contributed by atoms with van der Waals surface area (Å²) >= 11 is 0. The predicted molar refractivity (Wildman–Crippen MR) is 121 cm³/mol. The second-order valence-electron chi connectivity index (χ2n) is 6.85. The summed E-state index contributed by atoms with van der Waals surface area (Å²) in [5, 5.41) is 16.6. The van der Waals surface area contributed by atoms with Crippen LogP contribution in [-0.4, -0.2) is 22.9 Å². The van der Waals surface area contributed by atoms with Crippen LogP contribution in [0.3, 0.4) is 0 Å². The highest BCUT2D eigenvalue weighted by Crippen LogP contribution is 2.19. The molecule has 0 fully saturated rings. The molecule has 3 aromatic carbocycles. The molecule has 4 aromatic rings. The van der Waals surface area contributed by atoms with Crippen molar-refractivity contribution in [2.24, 2.45) is 5.14 Å². The average Bonchev–Trinajstić information content (AvgIpc) is 2.77. The lowest BCUT2D eigenvalue weighted by molar-refractivity contribution is -0.384. The van der Waals surface area contributed by atoms with Gasteiger partial charge in [0, 0.05) is 12.1 Å². The number of rotatable bonds is 5. The van der Waals surface area contributed by atoms with E-state index in [1.54, 1.807) is 48.6 Å². The van der Waals surface area contributed by atoms with Crippen LogP contribution in [0.2, 0.25) is 0 Å². The molecule has 10 heteroatoms. The summed E-state index contributed by atoms with van der Waals surface area (Å²) in [7, 11) is -3.89. The van der Waals surface area contributed by atoms with E-state index in [1.807, 2.05) is 0 Å². The van der Waals surface area contributed by atoms with Gasteiger partial charge in [0.1, 0.15) is 5.82 Å². The Morgan fingerprint density at radius 1 is 0.969 bits per heavy atom. The van der Waals surface area contributed by atoms with Gasteiger partial charge < -0.3 is 0 Å². The number of benzene rings is 3. The Morgan fingerprint density at radius 3 is 2.38 bits per heavy atom. The van der Waals surface area contributed by atoms with Crippen molar-refractivity contribution in [1.82, 2.24) is 9.55 Å². The second kappa shape index (κ2) is 8.17. The number of non-ortho nitro benzene ring substituents is 1. The number of nitrogens with zero attached hydrogens (tertiary/aromatic N) is 3. The molecule has 4 rings (SSSR count). The number of hydrogen-bond donors (Lipinski definition) is 1. The molecule has 1 heterocycles. The van der Waals surface area contributed by atoms with Crippen molar-refractivity contribution in [2.75, 3.05) is 0 Å². The monoisotopic (exact) mass is 448 g/mol. The van der Waals surface area contributed by atoms with Crippen molar-refractivity contribution in [3.05, 3.63) is 105 Å². The second-order valence-corrected chi connectivity index (χ2v) is 8.41. The third-order valence-corrected chi connectivity index (χ3v) is 5.66. The van der Waals surface area contributed by atoms with E-state index in [9.17, 15) is 23.3 Å². The molecule has 0 atom stereocenters. The molecular weight excluding hydrogens is 432 g/mol. The van der Waals surface area contributed by atoms with Crippen LogP contribution in [0, 0.1) is 10.1 Å². The van der Waals surface area contributed by atoms with E-state index in [4.69, 9.17) is 5.14 Å². The number of sulfonamides is 1. The van der Waals surface area contributed by atoms with Crippen molar-refractivity contribution in [1.29, 1.82) is 0 Å². The van der Waals surface area contributed by atoms with E-state index >= 15 is 0 Å². The number of nitro groups is 1. The number of fused-ring (bicyclic) bond motifs is 1. The average molecular weight is 448 g/mol. The molecule has 0 aliphatic carbocycles. The Labute approximate surface area is 182 Å². The summed E-state index contributed by atoms with van der Waals surface area (Å²) < 4.78 is 24.5. The molecule has 1 aromatic heterocycles. The van der Waals surface area contributed by atoms with Gasteiger partial charge in [0.2, 0.25) is 10.0 Å². The van der Waals surface area contributed by atoms with Crippen LogP contribution in [0.15, 0.2) is 82.5 Å². The van der Waals surface area contributed by atoms with Gasteiger partial charge in [-0.3, -0.25) is 19.5 Å². The lowest BCUT2D eigenvalue weighted by Crippen LogP contribution is -2.22. The molecule has 0 saturated heterocycles. The fraction of sp³-hybridized carbons (Fsp3) is 0. The lowest BCUT2D eigenvalue weighted by atomic mass is 10.2. The fourth-order valence-corrected chi connectivity index (χ4v) is 3.72. The molecule has 0 amide bonds. The largest absolute Gasteiger partial charge is 0.270 e. The van der Waals surface area contributed by atoms with Crippen molar-refractivity contribution in [2.45, 2.75) is 4.90 Å². The Hall–Kier alpha value is -4.15. The maximum Gasteiger partial charge on any atom is 0.270 e. The predicted octanol–water partition coefficient (Wildman–Crippen LogP) is 3.11. The van der Waals surface area contributed by atoms with Gasteiger partial charge in [-0.25, -0.2) is 18.5 Å². The molecule has 2 N–H and O–H groups in total. The number of primary sulfonamides is 1. The summed E-state index contributed by atoms with van der Waals surface area (Å²) in [5.74, 6) is 0.267. The highest BCUT2D eigenvalue weighted by molar-refractivity contribution is 7.89. The molecule has 0 bridgehead atoms. The van der Waals surface area contributed by atoms with Crippen LogP contribution in [0.4, 0.5) is 5.69 Å². The minimum absolute atomic E-state index is 0.0606. The minimum Gasteiger partial charge on any atom is -0.268 e. The van der Waals surface area contributed by atoms with Crippen LogP contribution >= 0.6 is 0 Å². The van der Waals surface area contributed by atoms with Gasteiger partial charge in [0.05, 0.1) is 26.4 Å². The third-order valence-electron chi connectivity index (χ3n) is 4.73. The number of nitro benzene ring substituents is 1. The highest BCUT2D eigenvalue weighted by atomic mass is 32.2. The summed E-state index contributed by atoms with van der Waals surface area (Å²) in [6.07, 6.45) is 3.18. The van der Waals surface area contributed by atoms with Crippen LogP contribution in [-0.2, 0) is 10.0 Å². The zero-order valence-corrected chi connectivity index (χ0v) is 17.3. The molecule has 0 unspecified atom stereocenters. The first-order valence-corrected chi connectivity index (χ1v) is 10.9. The van der Waals surface area contributed by atoms with Crippen LogP contribution in [0.5, 0.6) is 0 Å². The fourth-order valence-electron chi connectivity index (χ4n) is 3.21. The van der Waals surface area contributed by atoms with Crippen LogP contribution < -0.4 is 10.7 Å². The van der Waals surface area contributed by atoms with Crippen molar-refractivity contribution >= 4 is 38.8 Å². The molecule has 0 spiro atoms. The van der Waals surface area contributed by atoms with Gasteiger partial charge in [-0.2, -0.15) is 0 Å². The van der Waals surface area contributed by atoms with Gasteiger partial charge in [-0.15, -0.1) is 0 Å². The summed E-state index contributed by atoms with van der Waals surface area (Å²) in [5.41, 5.74) is 1.01. The van der Waals surface area contributed by atoms with Crippen molar-refractivity contribution in [3.8, 4) is 5.69 Å². The zero-order chi connectivity index (χ0) is 22.9. The lowest BCUT2D eigenvalue weighted by Gasteiger charge is -2.12. The molecule has 0 radical (unpaired) electrons. The number of aromatic nitrogens is 2. The maximum absolute atomic E-state index is 13.2. The summed E-state index contributed by atoms with van der Waals surface area (Å²) in [6.45, 7) is 0. The normalized spacial score (nSPS) is 11.8. The number of hydrogen-bond acceptors (Lipinski definition) is 6. The Balaban J connectivity index is 1.89. The highest BCUT2D eigenvalue weighted by Gasteiger charge is 2.13. The van der Waals surface area contributed by atoms with E-state index in [2.05, 4.69) is 4.98 Å². The molecule has 32 heavy (non-hydrogen) atoms. The van der Waals surface area contributed by atoms with Gasteiger partial charge in [-0.05, 0) is 48.0 Å². The minimum atomic E-state index is -3.89. The summed E-state index contributed by atoms with van der Waals surface area (Å²) in [6, 6.07) is 18.4. The van der Waals surface area contributed by atoms with Crippen molar-refractivity contribution in [3.63, 3.8) is 0 Å². The Morgan fingerprint density at radius 2 is 1.69 bits per heavy atom. The molecule has 0 aliphatic rings. The molecule has 0 saturated carbocycles. The number of para-hydroxylation sites is 1. The standard InChI is InChI=1S/C22H16N4O5S/c23-32(30,31)18-11-9-16(10-12-18)25-21(24-20-7-2-1-6-19(20)22(25)27)13-8-15-4-3-5-17(14-15)26(28)29/h1-14H,(H2,23,30,31)/b13-8+. The van der Waals surface area contributed by atoms with E-state index in [-0.39, 0.29) is 22.0 Å². The van der Waals surface area contributed by atoms with E-state index in [0.29, 0.717) is 22.2 Å². The summed E-state index contributed by atoms with van der Waals surface area (Å²) in [4.78, 5) is 28.2. The van der Waals surface area contributed by atoms with E-state index in [0.717, 1.165) is 0 Å². The van der Waals surface area contributed by atoms with Gasteiger partial charge in [-0.1, -0.05) is 30.3 Å². The quantitative estimate of drug-likeness (QED) is 0.368. The zero-order valence-electron chi connectivity index (χ0n) is 16.5. The van der Waals surface area contributed by atoms with Crippen molar-refractivity contribution < 1.29 is 13.3 Å². The third kappa shape index (κ3) is 4.17. The van der Waals surface area contributed by atoms with Gasteiger partial charge >= 0.3 is 0 Å². The first kappa shape index (κ1) is 21.1. The topological polar surface area (TPSA) is 138 Å². The number of nitrogens with two attached hydrogens (primary N) is 1. The molecule has 160 valence electrons. The molecular formula is C22H16N4O5S. The van der Waals surface area contributed by atoms with Gasteiger partial charge in [0.15, 0.2) is 0 Å². The maximum atomic E-state index is 13.2. The Kier molecular flexibility index (Phi) is 5.39. The molecule has 0 aliphatic heterocycles. The molecule has 9 nitrogen and oxygen atoms in total. The first-order valence-electron chi connectivity index (χ1n) is 9.31. The van der Waals surface area contributed by atoms with E-state index < -0.39 is 14.9 Å². The SMILES string of the molecule is NS(=O)(=O)c1ccc(-n2c(/C=C/c3cccc([N+](=O)[O-])c3)nc3ccccc3c2=O)cc1. The van der Waals surface area contributed by atoms with E-state index in [1.165, 1.54) is 41.0 Å². The Bertz CT molecular complexity index is 1540. The van der Waals surface area contributed by atoms with Crippen LogP contribution in [0.25, 0.3) is 28.7 Å². The first-order chi connectivity index (χ1) is 15.2.